The van der Waals surface area contributed by atoms with E-state index in [0.29, 0.717) is 5.82 Å². The number of urea groups is 1. The van der Waals surface area contributed by atoms with Gasteiger partial charge in [-0.2, -0.15) is 5.10 Å². The minimum Gasteiger partial charge on any atom is -0.383 e. The highest BCUT2D eigenvalue weighted by molar-refractivity contribution is 5.89. The molecule has 152 valence electrons. The minimum absolute atomic E-state index is 0.106. The van der Waals surface area contributed by atoms with Crippen molar-refractivity contribution in [3.05, 3.63) is 47.7 Å². The Balaban J connectivity index is 1.52. The number of carbonyl (C=O) groups excluding carboxylic acids is 1. The van der Waals surface area contributed by atoms with Crippen LogP contribution in [0.1, 0.15) is 36.9 Å². The number of carbonyl (C=O) groups is 1. The molecule has 1 aliphatic rings. The number of nitrogens with one attached hydrogen (secondary N) is 2. The van der Waals surface area contributed by atoms with Crippen LogP contribution in [0.25, 0.3) is 0 Å². The predicted octanol–water partition coefficient (Wildman–Crippen LogP) is 3.03. The summed E-state index contributed by atoms with van der Waals surface area (Å²) in [5.41, 5.74) is 2.13. The number of rotatable bonds is 7. The Labute approximate surface area is 167 Å². The summed E-state index contributed by atoms with van der Waals surface area (Å²) in [5, 5.41) is 10.6. The molecule has 7 nitrogen and oxygen atoms in total. The van der Waals surface area contributed by atoms with Gasteiger partial charge in [-0.05, 0) is 32.3 Å². The molecule has 3 rings (SSSR count). The molecule has 1 atom stereocenters. The summed E-state index contributed by atoms with van der Waals surface area (Å²) in [5.74, 6) is 0.609. The van der Waals surface area contributed by atoms with E-state index in [0.717, 1.165) is 44.6 Å². The molecule has 0 unspecified atom stereocenters. The van der Waals surface area contributed by atoms with Crippen molar-refractivity contribution in [2.24, 2.45) is 0 Å². The molecule has 1 aliphatic heterocycles. The maximum Gasteiger partial charge on any atom is 0.320 e. The van der Waals surface area contributed by atoms with Crippen LogP contribution in [-0.2, 0) is 4.74 Å². The van der Waals surface area contributed by atoms with Crippen molar-refractivity contribution in [1.82, 2.24) is 20.0 Å². The molecule has 0 radical (unpaired) electrons. The number of nitrogens with zero attached hydrogens (tertiary/aromatic N) is 3. The molecule has 0 spiro atoms. The number of piperidine rings is 1. The van der Waals surface area contributed by atoms with E-state index < -0.39 is 0 Å². The standard InChI is InChI=1S/C21H31N5O2/c1-16-15-26(17(2)18-7-5-4-6-8-18)24-20(16)23-21(27)22-19-9-11-25(12-10-19)13-14-28-3/h4-8,15,17,19H,9-14H2,1-3H3,(H2,22,23,24,27)/t17-/m1/s1. The fourth-order valence-corrected chi connectivity index (χ4v) is 3.54. The molecule has 2 N–H and O–H groups in total. The van der Waals surface area contributed by atoms with Crippen molar-refractivity contribution in [2.75, 3.05) is 38.7 Å². The van der Waals surface area contributed by atoms with Gasteiger partial charge < -0.3 is 15.0 Å². The highest BCUT2D eigenvalue weighted by Crippen LogP contribution is 2.21. The lowest BCUT2D eigenvalue weighted by molar-refractivity contribution is 0.127. The number of anilines is 1. The molecule has 7 heteroatoms. The first-order chi connectivity index (χ1) is 13.6. The van der Waals surface area contributed by atoms with Crippen molar-refractivity contribution in [1.29, 1.82) is 0 Å². The average molecular weight is 386 g/mol. The molecule has 1 fully saturated rings. The Kier molecular flexibility index (Phi) is 7.06. The zero-order valence-corrected chi connectivity index (χ0v) is 17.0. The van der Waals surface area contributed by atoms with Gasteiger partial charge in [0.25, 0.3) is 0 Å². The van der Waals surface area contributed by atoms with Crippen LogP contribution in [-0.4, -0.2) is 60.1 Å². The molecule has 2 aromatic rings. The Morgan fingerprint density at radius 1 is 1.29 bits per heavy atom. The number of aryl methyl sites for hydroxylation is 1. The lowest BCUT2D eigenvalue weighted by Gasteiger charge is -2.32. The topological polar surface area (TPSA) is 71.4 Å². The van der Waals surface area contributed by atoms with Crippen molar-refractivity contribution in [3.63, 3.8) is 0 Å². The fourth-order valence-electron chi connectivity index (χ4n) is 3.54. The van der Waals surface area contributed by atoms with E-state index in [1.54, 1.807) is 7.11 Å². The monoisotopic (exact) mass is 385 g/mol. The van der Waals surface area contributed by atoms with Crippen LogP contribution in [0.3, 0.4) is 0 Å². The second kappa shape index (κ2) is 9.71. The van der Waals surface area contributed by atoms with Crippen LogP contribution in [0, 0.1) is 6.92 Å². The Hall–Kier alpha value is -2.38. The maximum atomic E-state index is 12.4. The molecule has 1 aromatic heterocycles. The highest BCUT2D eigenvalue weighted by atomic mass is 16.5. The van der Waals surface area contributed by atoms with E-state index in [9.17, 15) is 4.79 Å². The van der Waals surface area contributed by atoms with Crippen LogP contribution in [0.15, 0.2) is 36.5 Å². The predicted molar refractivity (Wildman–Crippen MR) is 111 cm³/mol. The number of aromatic nitrogens is 2. The Morgan fingerprint density at radius 3 is 2.68 bits per heavy atom. The van der Waals surface area contributed by atoms with Gasteiger partial charge in [0.1, 0.15) is 0 Å². The number of ether oxygens (including phenoxy) is 1. The van der Waals surface area contributed by atoms with Gasteiger partial charge in [-0.15, -0.1) is 0 Å². The van der Waals surface area contributed by atoms with Gasteiger partial charge in [-0.25, -0.2) is 4.79 Å². The van der Waals surface area contributed by atoms with Gasteiger partial charge in [-0.1, -0.05) is 30.3 Å². The average Bonchev–Trinajstić information content (AvgIpc) is 3.07. The minimum atomic E-state index is -0.184. The van der Waals surface area contributed by atoms with Gasteiger partial charge in [0.2, 0.25) is 0 Å². The summed E-state index contributed by atoms with van der Waals surface area (Å²) in [7, 11) is 1.72. The summed E-state index contributed by atoms with van der Waals surface area (Å²) < 4.78 is 7.03. The molecule has 2 amide bonds. The van der Waals surface area contributed by atoms with Crippen LogP contribution < -0.4 is 10.6 Å². The van der Waals surface area contributed by atoms with E-state index in [1.165, 1.54) is 5.56 Å². The second-order valence-corrected chi connectivity index (χ2v) is 7.43. The zero-order valence-electron chi connectivity index (χ0n) is 17.0. The molecule has 1 saturated heterocycles. The quantitative estimate of drug-likeness (QED) is 0.769. The highest BCUT2D eigenvalue weighted by Gasteiger charge is 2.21. The number of likely N-dealkylation sites (tertiary alicyclic amines) is 1. The lowest BCUT2D eigenvalue weighted by atomic mass is 10.1. The van der Waals surface area contributed by atoms with Gasteiger partial charge in [0, 0.05) is 44.5 Å². The maximum absolute atomic E-state index is 12.4. The number of hydrogen-bond donors (Lipinski definition) is 2. The summed E-state index contributed by atoms with van der Waals surface area (Å²) in [6, 6.07) is 10.3. The van der Waals surface area contributed by atoms with Crippen molar-refractivity contribution < 1.29 is 9.53 Å². The lowest BCUT2D eigenvalue weighted by Crippen LogP contribution is -2.46. The third-order valence-electron chi connectivity index (χ3n) is 5.36. The molecule has 0 saturated carbocycles. The van der Waals surface area contributed by atoms with Gasteiger partial charge in [-0.3, -0.25) is 10.00 Å². The molecule has 1 aromatic carbocycles. The first-order valence-corrected chi connectivity index (χ1v) is 9.96. The van der Waals surface area contributed by atoms with Gasteiger partial charge in [0.05, 0.1) is 12.6 Å². The van der Waals surface area contributed by atoms with Crippen LogP contribution in [0.5, 0.6) is 0 Å². The molecule has 2 heterocycles. The summed E-state index contributed by atoms with van der Waals surface area (Å²) in [4.78, 5) is 14.8. The van der Waals surface area contributed by atoms with Crippen molar-refractivity contribution in [3.8, 4) is 0 Å². The normalized spacial score (nSPS) is 16.7. The molecule has 0 bridgehead atoms. The molecule has 28 heavy (non-hydrogen) atoms. The van der Waals surface area contributed by atoms with Crippen LogP contribution in [0.2, 0.25) is 0 Å². The number of methoxy groups -OCH3 is 1. The third kappa shape index (κ3) is 5.33. The van der Waals surface area contributed by atoms with E-state index in [2.05, 4.69) is 39.7 Å². The van der Waals surface area contributed by atoms with E-state index in [1.807, 2.05) is 36.0 Å². The summed E-state index contributed by atoms with van der Waals surface area (Å²) >= 11 is 0. The molecule has 0 aliphatic carbocycles. The van der Waals surface area contributed by atoms with Crippen molar-refractivity contribution in [2.45, 2.75) is 38.8 Å². The largest absolute Gasteiger partial charge is 0.383 e. The fraction of sp³-hybridized carbons (Fsp3) is 0.524. The van der Waals surface area contributed by atoms with Crippen LogP contribution in [0.4, 0.5) is 10.6 Å². The van der Waals surface area contributed by atoms with Crippen LogP contribution >= 0.6 is 0 Å². The van der Waals surface area contributed by atoms with Crippen molar-refractivity contribution >= 4 is 11.8 Å². The van der Waals surface area contributed by atoms with Gasteiger partial charge in [0.15, 0.2) is 5.82 Å². The van der Waals surface area contributed by atoms with E-state index in [4.69, 9.17) is 4.74 Å². The SMILES string of the molecule is COCCN1CCC(NC(=O)Nc2nn([C@H](C)c3ccccc3)cc2C)CC1. The number of hydrogen-bond acceptors (Lipinski definition) is 4. The summed E-state index contributed by atoms with van der Waals surface area (Å²) in [6.07, 6.45) is 3.88. The zero-order chi connectivity index (χ0) is 19.9. The second-order valence-electron chi connectivity index (χ2n) is 7.43. The van der Waals surface area contributed by atoms with Gasteiger partial charge >= 0.3 is 6.03 Å². The van der Waals surface area contributed by atoms with E-state index >= 15 is 0 Å². The molecular weight excluding hydrogens is 354 g/mol. The van der Waals surface area contributed by atoms with E-state index in [-0.39, 0.29) is 18.1 Å². The Morgan fingerprint density at radius 2 is 2.00 bits per heavy atom. The number of amides is 2. The first kappa shape index (κ1) is 20.4. The molecular formula is C21H31N5O2. The first-order valence-electron chi connectivity index (χ1n) is 9.96. The smallest absolute Gasteiger partial charge is 0.320 e. The summed E-state index contributed by atoms with van der Waals surface area (Å²) in [6.45, 7) is 7.73. The third-order valence-corrected chi connectivity index (χ3v) is 5.36. The Bertz CT molecular complexity index is 753. The number of benzene rings is 1.